The topological polar surface area (TPSA) is 108 Å². The zero-order valence-corrected chi connectivity index (χ0v) is 22.6. The van der Waals surface area contributed by atoms with E-state index in [0.29, 0.717) is 17.1 Å². The summed E-state index contributed by atoms with van der Waals surface area (Å²) in [5.41, 5.74) is 0.409. The number of carbonyl (C=O) groups excluding carboxylic acids is 2. The fourth-order valence-corrected chi connectivity index (χ4v) is 5.62. The molecule has 2 amide bonds. The van der Waals surface area contributed by atoms with Gasteiger partial charge in [0.1, 0.15) is 11.5 Å². The molecule has 0 spiro atoms. The molecule has 0 bridgehead atoms. The van der Waals surface area contributed by atoms with Crippen LogP contribution in [0.1, 0.15) is 5.56 Å². The van der Waals surface area contributed by atoms with Crippen molar-refractivity contribution in [3.8, 4) is 23.0 Å². The Kier molecular flexibility index (Phi) is 8.50. The van der Waals surface area contributed by atoms with Crippen LogP contribution < -0.4 is 18.4 Å². The van der Waals surface area contributed by atoms with Crippen molar-refractivity contribution < 1.29 is 36.4 Å². The van der Waals surface area contributed by atoms with E-state index < -0.39 is 21.3 Å². The van der Waals surface area contributed by atoms with Gasteiger partial charge < -0.3 is 18.4 Å². The van der Waals surface area contributed by atoms with E-state index in [4.69, 9.17) is 30.0 Å². The van der Waals surface area contributed by atoms with E-state index in [-0.39, 0.29) is 39.5 Å². The summed E-state index contributed by atoms with van der Waals surface area (Å²) in [6.45, 7) is 0.113. The average molecular weight is 576 g/mol. The van der Waals surface area contributed by atoms with Crippen LogP contribution in [0.5, 0.6) is 23.0 Å². The predicted molar refractivity (Wildman–Crippen MR) is 143 cm³/mol. The number of hydrogen-bond acceptors (Lipinski definition) is 9. The van der Waals surface area contributed by atoms with Crippen molar-refractivity contribution in [3.63, 3.8) is 0 Å². The summed E-state index contributed by atoms with van der Waals surface area (Å²) in [4.78, 5) is 26.6. The molecule has 4 rings (SSSR count). The quantitative estimate of drug-likeness (QED) is 0.237. The summed E-state index contributed by atoms with van der Waals surface area (Å²) in [5, 5.41) is -0.503. The van der Waals surface area contributed by atoms with E-state index in [1.54, 1.807) is 42.5 Å². The molecule has 198 valence electrons. The van der Waals surface area contributed by atoms with E-state index in [2.05, 4.69) is 0 Å². The minimum Gasteiger partial charge on any atom is -0.493 e. The number of amides is 2. The molecule has 0 saturated carbocycles. The number of hydrogen-bond donors (Lipinski definition) is 0. The maximum Gasteiger partial charge on any atom is 0.339 e. The van der Waals surface area contributed by atoms with Crippen LogP contribution in [0.3, 0.4) is 0 Å². The molecule has 38 heavy (non-hydrogen) atoms. The molecule has 0 unspecified atom stereocenters. The summed E-state index contributed by atoms with van der Waals surface area (Å²) in [5.74, 6) is 0.377. The minimum atomic E-state index is -4.17. The van der Waals surface area contributed by atoms with Crippen LogP contribution in [0.25, 0.3) is 6.08 Å². The third-order valence-corrected chi connectivity index (χ3v) is 7.71. The number of imide groups is 1. The van der Waals surface area contributed by atoms with E-state index in [1.165, 1.54) is 44.6 Å². The number of thioether (sulfide) groups is 1. The fraction of sp³-hybridized carbons (Fsp3) is 0.154. The second-order valence-electron chi connectivity index (χ2n) is 7.72. The standard InChI is InChI=1S/C26H22ClNO8S2/c1-33-20-10-6-7-11-21(20)35-13-12-28-25(29)23(37-26(28)30)16-17-14-19(27)24(22(15-17)34-2)36-38(31,32)18-8-4-3-5-9-18/h3-11,14-16H,12-13H2,1-2H3/b23-16-. The Morgan fingerprint density at radius 3 is 2.26 bits per heavy atom. The first-order valence-electron chi connectivity index (χ1n) is 11.1. The van der Waals surface area contributed by atoms with Gasteiger partial charge >= 0.3 is 10.1 Å². The molecule has 0 N–H and O–H groups in total. The number of halogens is 1. The van der Waals surface area contributed by atoms with Crippen molar-refractivity contribution >= 4 is 50.7 Å². The third kappa shape index (κ3) is 6.07. The maximum atomic E-state index is 12.9. The molecule has 12 heteroatoms. The summed E-state index contributed by atoms with van der Waals surface area (Å²) in [6.07, 6.45) is 1.47. The largest absolute Gasteiger partial charge is 0.493 e. The zero-order valence-electron chi connectivity index (χ0n) is 20.3. The molecule has 1 saturated heterocycles. The van der Waals surface area contributed by atoms with Crippen LogP contribution in [0.2, 0.25) is 5.02 Å². The van der Waals surface area contributed by atoms with E-state index >= 15 is 0 Å². The van der Waals surface area contributed by atoms with Gasteiger partial charge in [0.2, 0.25) is 5.75 Å². The third-order valence-electron chi connectivity index (χ3n) is 5.29. The molecular weight excluding hydrogens is 554 g/mol. The molecule has 1 aliphatic heterocycles. The number of benzene rings is 3. The highest BCUT2D eigenvalue weighted by molar-refractivity contribution is 8.18. The second-order valence-corrected chi connectivity index (χ2v) is 10.7. The van der Waals surface area contributed by atoms with Crippen LogP contribution in [-0.4, -0.2) is 51.8 Å². The molecular formula is C26H22ClNO8S2. The molecule has 9 nitrogen and oxygen atoms in total. The first-order valence-corrected chi connectivity index (χ1v) is 13.7. The molecule has 0 aromatic heterocycles. The molecule has 3 aromatic rings. The van der Waals surface area contributed by atoms with Crippen molar-refractivity contribution in [1.29, 1.82) is 0 Å². The van der Waals surface area contributed by atoms with E-state index in [1.807, 2.05) is 0 Å². The van der Waals surface area contributed by atoms with Crippen molar-refractivity contribution in [2.45, 2.75) is 4.90 Å². The Morgan fingerprint density at radius 1 is 0.921 bits per heavy atom. The van der Waals surface area contributed by atoms with Crippen molar-refractivity contribution in [3.05, 3.63) is 82.2 Å². The Hall–Kier alpha value is -3.67. The lowest BCUT2D eigenvalue weighted by Crippen LogP contribution is -2.32. The summed E-state index contributed by atoms with van der Waals surface area (Å²) in [7, 11) is -1.32. The van der Waals surface area contributed by atoms with Gasteiger partial charge in [-0.25, -0.2) is 0 Å². The lowest BCUT2D eigenvalue weighted by Gasteiger charge is -2.14. The van der Waals surface area contributed by atoms with Gasteiger partial charge in [0.15, 0.2) is 17.2 Å². The smallest absolute Gasteiger partial charge is 0.339 e. The number of para-hydroxylation sites is 2. The Balaban J connectivity index is 1.49. The monoisotopic (exact) mass is 575 g/mol. The highest BCUT2D eigenvalue weighted by Crippen LogP contribution is 2.40. The number of carbonyl (C=O) groups is 2. The van der Waals surface area contributed by atoms with Gasteiger partial charge in [-0.15, -0.1) is 0 Å². The van der Waals surface area contributed by atoms with E-state index in [9.17, 15) is 18.0 Å². The number of rotatable bonds is 10. The lowest BCUT2D eigenvalue weighted by atomic mass is 10.2. The van der Waals surface area contributed by atoms with Crippen LogP contribution >= 0.6 is 23.4 Å². The SMILES string of the molecule is COc1ccccc1OCCN1C(=O)S/C(=C\c2cc(Cl)c(OS(=O)(=O)c3ccccc3)c(OC)c2)C1=O. The second kappa shape index (κ2) is 11.8. The summed E-state index contributed by atoms with van der Waals surface area (Å²) < 4.78 is 46.8. The molecule has 0 aliphatic carbocycles. The van der Waals surface area contributed by atoms with Crippen LogP contribution in [0, 0.1) is 0 Å². The molecule has 0 atom stereocenters. The first-order chi connectivity index (χ1) is 18.2. The van der Waals surface area contributed by atoms with Crippen molar-refractivity contribution in [2.75, 3.05) is 27.4 Å². The predicted octanol–water partition coefficient (Wildman–Crippen LogP) is 5.24. The van der Waals surface area contributed by atoms with Crippen LogP contribution in [-0.2, 0) is 14.9 Å². The summed E-state index contributed by atoms with van der Waals surface area (Å²) >= 11 is 7.11. The van der Waals surface area contributed by atoms with Gasteiger partial charge in [0.05, 0.1) is 30.7 Å². The number of methoxy groups -OCH3 is 2. The van der Waals surface area contributed by atoms with Crippen LogP contribution in [0.4, 0.5) is 4.79 Å². The van der Waals surface area contributed by atoms with Crippen molar-refractivity contribution in [2.24, 2.45) is 0 Å². The summed E-state index contributed by atoms with van der Waals surface area (Å²) in [6, 6.07) is 17.5. The van der Waals surface area contributed by atoms with Gasteiger partial charge in [-0.05, 0) is 59.8 Å². The Morgan fingerprint density at radius 2 is 1.58 bits per heavy atom. The van der Waals surface area contributed by atoms with Crippen molar-refractivity contribution in [1.82, 2.24) is 4.90 Å². The number of nitrogens with zero attached hydrogens (tertiary/aromatic N) is 1. The molecule has 3 aromatic carbocycles. The van der Waals surface area contributed by atoms with Gasteiger partial charge in [-0.2, -0.15) is 8.42 Å². The first kappa shape index (κ1) is 27.4. The Labute approximate surface area is 229 Å². The van der Waals surface area contributed by atoms with Crippen LogP contribution in [0.15, 0.2) is 76.5 Å². The Bertz CT molecular complexity index is 1490. The molecule has 0 radical (unpaired) electrons. The lowest BCUT2D eigenvalue weighted by molar-refractivity contribution is -0.123. The van der Waals surface area contributed by atoms with Gasteiger partial charge in [-0.3, -0.25) is 14.5 Å². The molecule has 1 heterocycles. The zero-order chi connectivity index (χ0) is 27.3. The normalized spacial score (nSPS) is 14.6. The number of ether oxygens (including phenoxy) is 3. The fourth-order valence-electron chi connectivity index (χ4n) is 3.48. The highest BCUT2D eigenvalue weighted by Gasteiger charge is 2.35. The highest BCUT2D eigenvalue weighted by atomic mass is 35.5. The molecule has 1 aliphatic rings. The van der Waals surface area contributed by atoms with Gasteiger partial charge in [0.25, 0.3) is 11.1 Å². The minimum absolute atomic E-state index is 0.0349. The molecule has 1 fully saturated rings. The average Bonchev–Trinajstić information content (AvgIpc) is 3.18. The van der Waals surface area contributed by atoms with Gasteiger partial charge in [-0.1, -0.05) is 41.9 Å². The maximum absolute atomic E-state index is 12.9. The van der Waals surface area contributed by atoms with Gasteiger partial charge in [0, 0.05) is 0 Å². The van der Waals surface area contributed by atoms with E-state index in [0.717, 1.165) is 16.7 Å².